The standard InChI is InChI=1S/C25H21N3O3S/c1-17-7-13-21(14-8-17)28-24(22-15-32(30,31)16-23(22)27-28)26-25(29)20-11-9-19(10-12-20)18-5-3-2-4-6-18/h2-14H,15-16H2,1H3,(H,26,29). The van der Waals surface area contributed by atoms with E-state index in [1.165, 1.54) is 0 Å². The average Bonchev–Trinajstić information content (AvgIpc) is 3.27. The van der Waals surface area contributed by atoms with Crippen LogP contribution in [0.1, 0.15) is 27.2 Å². The fourth-order valence-electron chi connectivity index (χ4n) is 3.87. The molecule has 1 aliphatic rings. The minimum Gasteiger partial charge on any atom is -0.306 e. The van der Waals surface area contributed by atoms with Gasteiger partial charge in [0.1, 0.15) is 5.82 Å². The summed E-state index contributed by atoms with van der Waals surface area (Å²) in [6.07, 6.45) is 0. The lowest BCUT2D eigenvalue weighted by molar-refractivity contribution is 0.102. The quantitative estimate of drug-likeness (QED) is 0.503. The van der Waals surface area contributed by atoms with Crippen LogP contribution in [-0.4, -0.2) is 24.1 Å². The highest BCUT2D eigenvalue weighted by Crippen LogP contribution is 2.33. The Balaban J connectivity index is 1.48. The summed E-state index contributed by atoms with van der Waals surface area (Å²) >= 11 is 0. The Hall–Kier alpha value is -3.71. The molecule has 1 amide bonds. The van der Waals surface area contributed by atoms with Crippen molar-refractivity contribution >= 4 is 21.6 Å². The molecule has 0 spiro atoms. The van der Waals surface area contributed by atoms with Crippen LogP contribution in [0.5, 0.6) is 0 Å². The van der Waals surface area contributed by atoms with Crippen LogP contribution in [0.3, 0.4) is 0 Å². The number of aromatic nitrogens is 2. The molecule has 0 saturated heterocycles. The van der Waals surface area contributed by atoms with E-state index >= 15 is 0 Å². The van der Waals surface area contributed by atoms with Crippen LogP contribution >= 0.6 is 0 Å². The summed E-state index contributed by atoms with van der Waals surface area (Å²) in [6.45, 7) is 1.99. The molecular weight excluding hydrogens is 422 g/mol. The zero-order valence-electron chi connectivity index (χ0n) is 17.4. The summed E-state index contributed by atoms with van der Waals surface area (Å²) in [7, 11) is -3.25. The van der Waals surface area contributed by atoms with Gasteiger partial charge in [0.05, 0.1) is 22.9 Å². The predicted octanol–water partition coefficient (Wildman–Crippen LogP) is 4.53. The van der Waals surface area contributed by atoms with Gasteiger partial charge in [0.25, 0.3) is 5.91 Å². The van der Waals surface area contributed by atoms with E-state index in [1.54, 1.807) is 16.8 Å². The molecule has 0 atom stereocenters. The molecule has 0 fully saturated rings. The van der Waals surface area contributed by atoms with Gasteiger partial charge in [0.15, 0.2) is 9.84 Å². The molecule has 160 valence electrons. The summed E-state index contributed by atoms with van der Waals surface area (Å²) in [4.78, 5) is 13.1. The molecule has 32 heavy (non-hydrogen) atoms. The number of anilines is 1. The third-order valence-electron chi connectivity index (χ3n) is 5.55. The number of carbonyl (C=O) groups excluding carboxylic acids is 1. The number of hydrogen-bond acceptors (Lipinski definition) is 4. The van der Waals surface area contributed by atoms with Crippen molar-refractivity contribution in [1.82, 2.24) is 9.78 Å². The maximum Gasteiger partial charge on any atom is 0.256 e. The Labute approximate surface area is 186 Å². The Kier molecular flexibility index (Phi) is 4.90. The van der Waals surface area contributed by atoms with Crippen LogP contribution in [0.15, 0.2) is 78.9 Å². The molecule has 6 nitrogen and oxygen atoms in total. The highest BCUT2D eigenvalue weighted by molar-refractivity contribution is 7.90. The van der Waals surface area contributed by atoms with Gasteiger partial charge in [0, 0.05) is 11.1 Å². The minimum absolute atomic E-state index is 0.115. The number of rotatable bonds is 4. The fraction of sp³-hybridized carbons (Fsp3) is 0.120. The summed E-state index contributed by atoms with van der Waals surface area (Å²) in [6, 6.07) is 25.0. The van der Waals surface area contributed by atoms with Crippen molar-refractivity contribution in [3.63, 3.8) is 0 Å². The molecule has 0 radical (unpaired) electrons. The van der Waals surface area contributed by atoms with Crippen LogP contribution in [0.2, 0.25) is 0 Å². The normalized spacial score (nSPS) is 14.2. The molecule has 7 heteroatoms. The average molecular weight is 444 g/mol. The van der Waals surface area contributed by atoms with Crippen LogP contribution in [0.4, 0.5) is 5.82 Å². The van der Waals surface area contributed by atoms with Gasteiger partial charge in [-0.25, -0.2) is 13.1 Å². The van der Waals surface area contributed by atoms with Crippen LogP contribution in [-0.2, 0) is 21.3 Å². The first kappa shape index (κ1) is 20.2. The van der Waals surface area contributed by atoms with E-state index in [4.69, 9.17) is 0 Å². The highest BCUT2D eigenvalue weighted by Gasteiger charge is 2.33. The lowest BCUT2D eigenvalue weighted by Crippen LogP contribution is -2.17. The van der Waals surface area contributed by atoms with E-state index in [2.05, 4.69) is 10.4 Å². The van der Waals surface area contributed by atoms with Gasteiger partial charge in [-0.05, 0) is 42.3 Å². The van der Waals surface area contributed by atoms with E-state index < -0.39 is 9.84 Å². The largest absolute Gasteiger partial charge is 0.306 e. The molecule has 0 aliphatic carbocycles. The maximum atomic E-state index is 13.1. The van der Waals surface area contributed by atoms with Crippen molar-refractivity contribution < 1.29 is 13.2 Å². The van der Waals surface area contributed by atoms with E-state index in [-0.39, 0.29) is 17.4 Å². The third kappa shape index (κ3) is 3.83. The molecule has 4 aromatic rings. The highest BCUT2D eigenvalue weighted by atomic mass is 32.2. The van der Waals surface area contributed by atoms with E-state index in [0.29, 0.717) is 22.6 Å². The van der Waals surface area contributed by atoms with Crippen molar-refractivity contribution in [2.24, 2.45) is 0 Å². The van der Waals surface area contributed by atoms with Gasteiger partial charge in [-0.2, -0.15) is 5.10 Å². The molecule has 0 bridgehead atoms. The van der Waals surface area contributed by atoms with Gasteiger partial charge >= 0.3 is 0 Å². The SMILES string of the molecule is Cc1ccc(-n2nc3c(c2NC(=O)c2ccc(-c4ccccc4)cc2)CS(=O)(=O)C3)cc1. The van der Waals surface area contributed by atoms with Gasteiger partial charge in [0.2, 0.25) is 0 Å². The summed E-state index contributed by atoms with van der Waals surface area (Å²) in [5.41, 5.74) is 5.46. The number of amides is 1. The number of carbonyl (C=O) groups is 1. The van der Waals surface area contributed by atoms with E-state index in [1.807, 2.05) is 73.7 Å². The number of aryl methyl sites for hydroxylation is 1. The third-order valence-corrected chi connectivity index (χ3v) is 6.99. The number of sulfone groups is 1. The molecule has 2 heterocycles. The second-order valence-electron chi connectivity index (χ2n) is 7.95. The second kappa shape index (κ2) is 7.76. The van der Waals surface area contributed by atoms with Crippen molar-refractivity contribution in [2.45, 2.75) is 18.4 Å². The molecule has 1 N–H and O–H groups in total. The van der Waals surface area contributed by atoms with Crippen LogP contribution in [0, 0.1) is 6.92 Å². The number of nitrogens with zero attached hydrogens (tertiary/aromatic N) is 2. The first-order chi connectivity index (χ1) is 15.4. The predicted molar refractivity (Wildman–Crippen MR) is 124 cm³/mol. The van der Waals surface area contributed by atoms with Crippen molar-refractivity contribution in [3.05, 3.63) is 101 Å². The first-order valence-electron chi connectivity index (χ1n) is 10.2. The smallest absolute Gasteiger partial charge is 0.256 e. The topological polar surface area (TPSA) is 81.1 Å². The summed E-state index contributed by atoms with van der Waals surface area (Å²) in [5.74, 6) is -0.154. The lowest BCUT2D eigenvalue weighted by Gasteiger charge is -2.12. The van der Waals surface area contributed by atoms with Crippen LogP contribution < -0.4 is 5.32 Å². The Morgan fingerprint density at radius 1 is 0.875 bits per heavy atom. The van der Waals surface area contributed by atoms with E-state index in [9.17, 15) is 13.2 Å². The Morgan fingerprint density at radius 3 is 2.22 bits per heavy atom. The lowest BCUT2D eigenvalue weighted by atomic mass is 10.0. The Morgan fingerprint density at radius 2 is 1.53 bits per heavy atom. The Bertz CT molecular complexity index is 1410. The van der Waals surface area contributed by atoms with Crippen molar-refractivity contribution in [2.75, 3.05) is 5.32 Å². The maximum absolute atomic E-state index is 13.1. The number of benzene rings is 3. The second-order valence-corrected chi connectivity index (χ2v) is 10.0. The van der Waals surface area contributed by atoms with Crippen LogP contribution in [0.25, 0.3) is 16.8 Å². The number of nitrogens with one attached hydrogen (secondary N) is 1. The van der Waals surface area contributed by atoms with Gasteiger partial charge in [-0.3, -0.25) is 4.79 Å². The summed E-state index contributed by atoms with van der Waals surface area (Å²) in [5, 5.41) is 7.42. The molecule has 0 saturated carbocycles. The van der Waals surface area contributed by atoms with Gasteiger partial charge in [-0.15, -0.1) is 0 Å². The number of hydrogen-bond donors (Lipinski definition) is 1. The van der Waals surface area contributed by atoms with Crippen molar-refractivity contribution in [1.29, 1.82) is 0 Å². The minimum atomic E-state index is -3.25. The first-order valence-corrected chi connectivity index (χ1v) is 12.1. The molecular formula is C25H21N3O3S. The zero-order chi connectivity index (χ0) is 22.3. The summed E-state index contributed by atoms with van der Waals surface area (Å²) < 4.78 is 25.9. The van der Waals surface area contributed by atoms with E-state index in [0.717, 1.165) is 22.4 Å². The fourth-order valence-corrected chi connectivity index (χ4v) is 5.36. The molecule has 1 aliphatic heterocycles. The molecule has 5 rings (SSSR count). The zero-order valence-corrected chi connectivity index (χ0v) is 18.3. The molecule has 1 aromatic heterocycles. The monoisotopic (exact) mass is 443 g/mol. The molecule has 0 unspecified atom stereocenters. The molecule has 3 aromatic carbocycles. The van der Waals surface area contributed by atoms with Gasteiger partial charge in [-0.1, -0.05) is 60.2 Å². The van der Waals surface area contributed by atoms with Crippen molar-refractivity contribution in [3.8, 4) is 16.8 Å². The number of fused-ring (bicyclic) bond motifs is 1. The van der Waals surface area contributed by atoms with Gasteiger partial charge < -0.3 is 5.32 Å².